The third-order valence-corrected chi connectivity index (χ3v) is 4.55. The minimum atomic E-state index is -1.21. The molecule has 0 aromatic heterocycles. The van der Waals surface area contributed by atoms with Crippen LogP contribution in [-0.2, 0) is 14.3 Å². The highest BCUT2D eigenvalue weighted by molar-refractivity contribution is 6.14. The van der Waals surface area contributed by atoms with E-state index in [1.807, 2.05) is 0 Å². The Labute approximate surface area is 165 Å². The van der Waals surface area contributed by atoms with E-state index in [0.29, 0.717) is 11.4 Å². The number of nitrogen functional groups attached to an aromatic ring is 1. The maximum Gasteiger partial charge on any atom is 0.338 e. The van der Waals surface area contributed by atoms with Crippen LogP contribution in [0.15, 0.2) is 42.5 Å². The molecule has 0 spiro atoms. The topological polar surface area (TPSA) is 145 Å². The second kappa shape index (κ2) is 7.23. The largest absolute Gasteiger partial charge is 0.452 e. The van der Waals surface area contributed by atoms with Crippen molar-refractivity contribution in [3.05, 3.63) is 58.1 Å². The molecular weight excluding hydrogens is 380 g/mol. The maximum absolute atomic E-state index is 12.8. The third-order valence-electron chi connectivity index (χ3n) is 4.55. The van der Waals surface area contributed by atoms with Crippen LogP contribution in [0.1, 0.15) is 24.2 Å². The molecule has 2 aromatic rings. The van der Waals surface area contributed by atoms with Crippen molar-refractivity contribution in [1.29, 1.82) is 0 Å². The van der Waals surface area contributed by atoms with Gasteiger partial charge in [-0.2, -0.15) is 0 Å². The van der Waals surface area contributed by atoms with Crippen LogP contribution in [0.3, 0.4) is 0 Å². The number of rotatable bonds is 4. The minimum absolute atomic E-state index is 0.0969. The molecule has 0 saturated heterocycles. The van der Waals surface area contributed by atoms with Crippen LogP contribution in [-0.4, -0.2) is 34.9 Å². The molecule has 2 aromatic carbocycles. The van der Waals surface area contributed by atoms with Crippen LogP contribution >= 0.6 is 0 Å². The molecule has 150 valence electrons. The lowest BCUT2D eigenvalue weighted by Crippen LogP contribution is -2.59. The van der Waals surface area contributed by atoms with Crippen molar-refractivity contribution < 1.29 is 24.0 Å². The number of nitro benzene ring substituents is 1. The number of carbonyl (C=O) groups is 3. The zero-order chi connectivity index (χ0) is 21.3. The van der Waals surface area contributed by atoms with E-state index in [9.17, 15) is 24.5 Å². The van der Waals surface area contributed by atoms with E-state index in [4.69, 9.17) is 10.5 Å². The van der Waals surface area contributed by atoms with Crippen molar-refractivity contribution >= 4 is 40.5 Å². The van der Waals surface area contributed by atoms with Gasteiger partial charge in [-0.25, -0.2) is 4.79 Å². The molecule has 0 atom stereocenters. The van der Waals surface area contributed by atoms with Crippen molar-refractivity contribution in [2.24, 2.45) is 0 Å². The van der Waals surface area contributed by atoms with Gasteiger partial charge in [0, 0.05) is 6.07 Å². The first-order chi connectivity index (χ1) is 13.6. The molecule has 0 radical (unpaired) electrons. The number of nitrogens with one attached hydrogen (secondary N) is 1. The fourth-order valence-corrected chi connectivity index (χ4v) is 3.00. The van der Waals surface area contributed by atoms with Crippen molar-refractivity contribution in [3.63, 3.8) is 0 Å². The molecule has 3 N–H and O–H groups in total. The molecule has 29 heavy (non-hydrogen) atoms. The second-order valence-corrected chi connectivity index (χ2v) is 6.87. The van der Waals surface area contributed by atoms with Gasteiger partial charge in [-0.15, -0.1) is 0 Å². The number of carbonyl (C=O) groups excluding carboxylic acids is 3. The van der Waals surface area contributed by atoms with E-state index in [0.717, 1.165) is 6.07 Å². The number of amides is 2. The molecule has 0 unspecified atom stereocenters. The number of hydrogen-bond donors (Lipinski definition) is 2. The number of nitrogens with two attached hydrogens (primary N) is 1. The summed E-state index contributed by atoms with van der Waals surface area (Å²) in [5, 5.41) is 13.7. The first kappa shape index (κ1) is 19.8. The summed E-state index contributed by atoms with van der Waals surface area (Å²) in [4.78, 5) is 49.0. The van der Waals surface area contributed by atoms with Crippen molar-refractivity contribution in [3.8, 4) is 0 Å². The van der Waals surface area contributed by atoms with Crippen LogP contribution < -0.4 is 16.0 Å². The van der Waals surface area contributed by atoms with Crippen molar-refractivity contribution in [1.82, 2.24) is 0 Å². The molecule has 0 fully saturated rings. The summed E-state index contributed by atoms with van der Waals surface area (Å²) in [5.74, 6) is -1.92. The minimum Gasteiger partial charge on any atom is -0.452 e. The number of benzene rings is 2. The summed E-state index contributed by atoms with van der Waals surface area (Å²) in [6, 6.07) is 10.2. The zero-order valence-electron chi connectivity index (χ0n) is 15.7. The first-order valence-corrected chi connectivity index (χ1v) is 8.57. The van der Waals surface area contributed by atoms with Crippen LogP contribution in [0.2, 0.25) is 0 Å². The Balaban J connectivity index is 1.80. The maximum atomic E-state index is 12.8. The summed E-state index contributed by atoms with van der Waals surface area (Å²) in [6.45, 7) is 2.49. The number of hydrogen-bond acceptors (Lipinski definition) is 7. The summed E-state index contributed by atoms with van der Waals surface area (Å²) in [6.07, 6.45) is 0. The van der Waals surface area contributed by atoms with E-state index in [1.54, 1.807) is 38.1 Å². The predicted octanol–water partition coefficient (Wildman–Crippen LogP) is 2.10. The van der Waals surface area contributed by atoms with Gasteiger partial charge in [0.25, 0.3) is 11.6 Å². The lowest BCUT2D eigenvalue weighted by molar-refractivity contribution is -0.383. The average molecular weight is 398 g/mol. The Morgan fingerprint density at radius 2 is 1.93 bits per heavy atom. The monoisotopic (exact) mass is 398 g/mol. The lowest BCUT2D eigenvalue weighted by Gasteiger charge is -2.41. The molecule has 0 aliphatic carbocycles. The molecule has 10 nitrogen and oxygen atoms in total. The van der Waals surface area contributed by atoms with Gasteiger partial charge >= 0.3 is 5.97 Å². The number of ether oxygens (including phenoxy) is 1. The van der Waals surface area contributed by atoms with E-state index < -0.39 is 34.6 Å². The third kappa shape index (κ3) is 3.59. The summed E-state index contributed by atoms with van der Waals surface area (Å²) in [5.41, 5.74) is 4.58. The van der Waals surface area contributed by atoms with Gasteiger partial charge in [0.2, 0.25) is 5.91 Å². The second-order valence-electron chi connectivity index (χ2n) is 6.87. The molecule has 1 heterocycles. The van der Waals surface area contributed by atoms with Crippen LogP contribution in [0.25, 0.3) is 0 Å². The van der Waals surface area contributed by atoms with Crippen molar-refractivity contribution in [2.75, 3.05) is 22.6 Å². The molecule has 0 bridgehead atoms. The Morgan fingerprint density at radius 3 is 2.62 bits per heavy atom. The van der Waals surface area contributed by atoms with Gasteiger partial charge in [-0.05, 0) is 38.1 Å². The van der Waals surface area contributed by atoms with Crippen LogP contribution in [0.5, 0.6) is 0 Å². The quantitative estimate of drug-likeness (QED) is 0.347. The Hall–Kier alpha value is -3.95. The molecule has 10 heteroatoms. The van der Waals surface area contributed by atoms with Crippen LogP contribution in [0.4, 0.5) is 22.7 Å². The Morgan fingerprint density at radius 1 is 1.24 bits per heavy atom. The average Bonchev–Trinajstić information content (AvgIpc) is 2.66. The highest BCUT2D eigenvalue weighted by atomic mass is 16.6. The molecule has 1 aliphatic heterocycles. The SMILES string of the molecule is CC1(C)C(=O)Nc2ccccc2N1C(=O)COC(=O)c1ccc(N)c([N+](=O)[O-])c1. The highest BCUT2D eigenvalue weighted by Gasteiger charge is 2.43. The van der Waals surface area contributed by atoms with Gasteiger partial charge in [-0.1, -0.05) is 12.1 Å². The zero-order valence-corrected chi connectivity index (χ0v) is 15.7. The number of nitro groups is 1. The standard InChI is InChI=1S/C19H18N4O6/c1-19(2)18(26)21-13-5-3-4-6-14(13)22(19)16(24)10-29-17(25)11-7-8-12(20)15(9-11)23(27)28/h3-9H,10,20H2,1-2H3,(H,21,26). The molecular formula is C19H18N4O6. The summed E-state index contributed by atoms with van der Waals surface area (Å²) in [7, 11) is 0. The van der Waals surface area contributed by atoms with Crippen LogP contribution in [0, 0.1) is 10.1 Å². The Bertz CT molecular complexity index is 1030. The molecule has 3 rings (SSSR count). The molecule has 0 saturated carbocycles. The van der Waals surface area contributed by atoms with Gasteiger partial charge in [0.15, 0.2) is 6.61 Å². The fourth-order valence-electron chi connectivity index (χ4n) is 3.00. The number of esters is 1. The number of anilines is 3. The van der Waals surface area contributed by atoms with E-state index in [1.165, 1.54) is 17.0 Å². The van der Waals surface area contributed by atoms with E-state index in [2.05, 4.69) is 5.32 Å². The smallest absolute Gasteiger partial charge is 0.338 e. The van der Waals surface area contributed by atoms with Gasteiger partial charge in [-0.3, -0.25) is 24.6 Å². The fraction of sp³-hybridized carbons (Fsp3) is 0.211. The normalized spacial score (nSPS) is 14.6. The highest BCUT2D eigenvalue weighted by Crippen LogP contribution is 2.36. The van der Waals surface area contributed by atoms with Gasteiger partial charge in [0.05, 0.1) is 21.9 Å². The summed E-state index contributed by atoms with van der Waals surface area (Å²) >= 11 is 0. The van der Waals surface area contributed by atoms with Crippen molar-refractivity contribution in [2.45, 2.75) is 19.4 Å². The molecule has 1 aliphatic rings. The lowest BCUT2D eigenvalue weighted by atomic mass is 9.96. The van der Waals surface area contributed by atoms with E-state index in [-0.39, 0.29) is 17.2 Å². The predicted molar refractivity (Wildman–Crippen MR) is 104 cm³/mol. The number of fused-ring (bicyclic) bond motifs is 1. The van der Waals surface area contributed by atoms with Gasteiger partial charge < -0.3 is 15.8 Å². The first-order valence-electron chi connectivity index (χ1n) is 8.57. The molecule has 2 amide bonds. The van der Waals surface area contributed by atoms with Gasteiger partial charge in [0.1, 0.15) is 11.2 Å². The Kier molecular flexibility index (Phi) is 4.93. The van der Waals surface area contributed by atoms with E-state index >= 15 is 0 Å². The summed E-state index contributed by atoms with van der Waals surface area (Å²) < 4.78 is 5.04. The number of nitrogens with zero attached hydrogens (tertiary/aromatic N) is 2. The number of para-hydroxylation sites is 2.